The van der Waals surface area contributed by atoms with Crippen molar-refractivity contribution >= 4 is 23.1 Å². The van der Waals surface area contributed by atoms with Crippen molar-refractivity contribution in [1.29, 1.82) is 0 Å². The molecule has 0 aliphatic rings. The van der Waals surface area contributed by atoms with Gasteiger partial charge in [0.25, 0.3) is 0 Å². The van der Waals surface area contributed by atoms with Gasteiger partial charge in [-0.3, -0.25) is 4.57 Å². The van der Waals surface area contributed by atoms with E-state index in [2.05, 4.69) is 57.9 Å². The van der Waals surface area contributed by atoms with Crippen molar-refractivity contribution in [3.8, 4) is 27.7 Å². The molecule has 0 aliphatic carbocycles. The maximum Gasteiger partial charge on any atom is 0.192 e. The van der Waals surface area contributed by atoms with Crippen LogP contribution in [0.1, 0.15) is 18.2 Å². The third-order valence-corrected chi connectivity index (χ3v) is 6.65. The lowest BCUT2D eigenvalue weighted by molar-refractivity contribution is 0.340. The van der Waals surface area contributed by atoms with E-state index in [1.165, 1.54) is 11.1 Å². The lowest BCUT2D eigenvalue weighted by Gasteiger charge is -2.08. The van der Waals surface area contributed by atoms with E-state index < -0.39 is 0 Å². The number of nitrogens with zero attached hydrogens (tertiary/aromatic N) is 4. The van der Waals surface area contributed by atoms with Crippen molar-refractivity contribution in [3.05, 3.63) is 77.8 Å². The third kappa shape index (κ3) is 4.89. The first-order valence-electron chi connectivity index (χ1n) is 10.1. The highest BCUT2D eigenvalue weighted by atomic mass is 32.2. The van der Waals surface area contributed by atoms with Crippen LogP contribution in [0.2, 0.25) is 0 Å². The van der Waals surface area contributed by atoms with Crippen LogP contribution in [0, 0.1) is 6.92 Å². The predicted molar refractivity (Wildman–Crippen MR) is 129 cm³/mol. The molecule has 0 spiro atoms. The molecule has 0 bridgehead atoms. The molecule has 158 valence electrons. The molecule has 0 radical (unpaired) electrons. The van der Waals surface area contributed by atoms with Crippen LogP contribution in [-0.2, 0) is 12.3 Å². The molecule has 7 heteroatoms. The van der Waals surface area contributed by atoms with Crippen molar-refractivity contribution in [2.45, 2.75) is 31.3 Å². The largest absolute Gasteiger partial charge is 0.494 e. The highest BCUT2D eigenvalue weighted by Gasteiger charge is 2.15. The highest BCUT2D eigenvalue weighted by Crippen LogP contribution is 2.31. The van der Waals surface area contributed by atoms with Crippen LogP contribution in [0.3, 0.4) is 0 Å². The van der Waals surface area contributed by atoms with Gasteiger partial charge in [-0.15, -0.1) is 28.1 Å². The van der Waals surface area contributed by atoms with Gasteiger partial charge < -0.3 is 4.74 Å². The molecular formula is C24H24N4OS2. The van der Waals surface area contributed by atoms with E-state index in [0.29, 0.717) is 13.2 Å². The van der Waals surface area contributed by atoms with E-state index in [0.717, 1.165) is 38.7 Å². The number of ether oxygens (including phenoxy) is 1. The number of thioether (sulfide) groups is 1. The second-order valence-corrected chi connectivity index (χ2v) is 8.71. The summed E-state index contributed by atoms with van der Waals surface area (Å²) in [5, 5.41) is 12.9. The van der Waals surface area contributed by atoms with Crippen LogP contribution in [0.15, 0.2) is 71.7 Å². The third-order valence-electron chi connectivity index (χ3n) is 4.73. The number of rotatable bonds is 9. The molecule has 0 saturated carbocycles. The second-order valence-electron chi connectivity index (χ2n) is 6.91. The molecule has 2 aromatic carbocycles. The summed E-state index contributed by atoms with van der Waals surface area (Å²) in [4.78, 5) is 4.83. The fraction of sp³-hybridized carbons (Fsp3) is 0.208. The van der Waals surface area contributed by atoms with Crippen molar-refractivity contribution in [2.24, 2.45) is 0 Å². The Morgan fingerprint density at radius 2 is 1.94 bits per heavy atom. The Kier molecular flexibility index (Phi) is 6.84. The lowest BCUT2D eigenvalue weighted by atomic mass is 10.1. The Morgan fingerprint density at radius 1 is 1.13 bits per heavy atom. The summed E-state index contributed by atoms with van der Waals surface area (Å²) in [5.41, 5.74) is 4.47. The van der Waals surface area contributed by atoms with E-state index in [1.807, 2.05) is 37.3 Å². The van der Waals surface area contributed by atoms with Gasteiger partial charge in [0.1, 0.15) is 10.8 Å². The zero-order valence-electron chi connectivity index (χ0n) is 17.6. The highest BCUT2D eigenvalue weighted by molar-refractivity contribution is 7.98. The fourth-order valence-electron chi connectivity index (χ4n) is 3.22. The van der Waals surface area contributed by atoms with Gasteiger partial charge >= 0.3 is 0 Å². The van der Waals surface area contributed by atoms with Gasteiger partial charge in [0.2, 0.25) is 0 Å². The van der Waals surface area contributed by atoms with E-state index in [4.69, 9.17) is 9.72 Å². The zero-order valence-corrected chi connectivity index (χ0v) is 19.2. The summed E-state index contributed by atoms with van der Waals surface area (Å²) in [7, 11) is 0. The van der Waals surface area contributed by atoms with Gasteiger partial charge in [0, 0.05) is 28.8 Å². The molecule has 0 fully saturated rings. The average molecular weight is 449 g/mol. The van der Waals surface area contributed by atoms with Gasteiger partial charge in [-0.25, -0.2) is 4.98 Å². The maximum absolute atomic E-state index is 5.54. The van der Waals surface area contributed by atoms with Gasteiger partial charge in [-0.2, -0.15) is 0 Å². The normalized spacial score (nSPS) is 10.9. The minimum absolute atomic E-state index is 0.642. The maximum atomic E-state index is 5.54. The number of hydrogen-bond acceptors (Lipinski definition) is 6. The second kappa shape index (κ2) is 9.94. The predicted octanol–water partition coefficient (Wildman–Crippen LogP) is 6.25. The molecular weight excluding hydrogens is 424 g/mol. The molecule has 0 N–H and O–H groups in total. The smallest absolute Gasteiger partial charge is 0.192 e. The summed E-state index contributed by atoms with van der Waals surface area (Å²) < 4.78 is 7.62. The summed E-state index contributed by atoms with van der Waals surface area (Å²) in [5.74, 6) is 2.41. The monoisotopic (exact) mass is 448 g/mol. The van der Waals surface area contributed by atoms with E-state index >= 15 is 0 Å². The Balaban J connectivity index is 1.52. The molecule has 0 aliphatic heterocycles. The van der Waals surface area contributed by atoms with Crippen LogP contribution in [0.5, 0.6) is 5.75 Å². The summed E-state index contributed by atoms with van der Waals surface area (Å²) in [6, 6.07) is 16.3. The van der Waals surface area contributed by atoms with Crippen LogP contribution >= 0.6 is 23.1 Å². The van der Waals surface area contributed by atoms with Gasteiger partial charge in [-0.05, 0) is 43.7 Å². The van der Waals surface area contributed by atoms with Gasteiger partial charge in [-0.1, -0.05) is 42.1 Å². The molecule has 0 atom stereocenters. The van der Waals surface area contributed by atoms with Crippen LogP contribution in [0.4, 0.5) is 0 Å². The summed E-state index contributed by atoms with van der Waals surface area (Å²) in [6.07, 6.45) is 1.87. The van der Waals surface area contributed by atoms with Gasteiger partial charge in [0.05, 0.1) is 12.3 Å². The number of allylic oxidation sites excluding steroid dienone is 1. The van der Waals surface area contributed by atoms with Crippen molar-refractivity contribution < 1.29 is 4.74 Å². The minimum Gasteiger partial charge on any atom is -0.494 e. The Hall–Kier alpha value is -2.90. The van der Waals surface area contributed by atoms with E-state index in [-0.39, 0.29) is 0 Å². The van der Waals surface area contributed by atoms with Crippen molar-refractivity contribution in [3.63, 3.8) is 0 Å². The van der Waals surface area contributed by atoms with Crippen LogP contribution in [0.25, 0.3) is 22.0 Å². The lowest BCUT2D eigenvalue weighted by Crippen LogP contribution is -2.01. The van der Waals surface area contributed by atoms with Crippen molar-refractivity contribution in [2.75, 3.05) is 6.61 Å². The SMILES string of the molecule is C=CCn1c(SCc2csc(-c3ccccc3C)n2)nnc1-c1ccc(OCC)cc1. The van der Waals surface area contributed by atoms with E-state index in [9.17, 15) is 0 Å². The first-order valence-corrected chi connectivity index (χ1v) is 12.0. The Morgan fingerprint density at radius 3 is 2.68 bits per heavy atom. The minimum atomic E-state index is 0.642. The van der Waals surface area contributed by atoms with Crippen LogP contribution in [-0.4, -0.2) is 26.4 Å². The number of aromatic nitrogens is 4. The molecule has 0 saturated heterocycles. The first kappa shape index (κ1) is 21.3. The Labute approximate surface area is 190 Å². The van der Waals surface area contributed by atoms with Gasteiger partial charge in [0.15, 0.2) is 11.0 Å². The number of aryl methyl sites for hydroxylation is 1. The van der Waals surface area contributed by atoms with Crippen LogP contribution < -0.4 is 4.74 Å². The average Bonchev–Trinajstić information content (AvgIpc) is 3.41. The zero-order chi connectivity index (χ0) is 21.6. The molecule has 2 heterocycles. The quantitative estimate of drug-likeness (QED) is 0.224. The molecule has 0 unspecified atom stereocenters. The standard InChI is InChI=1S/C24H24N4OS2/c1-4-14-28-22(18-10-12-20(13-11-18)29-5-2)26-27-24(28)31-16-19-15-30-23(25-19)21-9-7-6-8-17(21)3/h4,6-13,15H,1,5,14,16H2,2-3H3. The molecule has 2 aromatic heterocycles. The summed E-state index contributed by atoms with van der Waals surface area (Å²) in [6.45, 7) is 9.28. The number of hydrogen-bond donors (Lipinski definition) is 0. The van der Waals surface area contributed by atoms with Crippen molar-refractivity contribution in [1.82, 2.24) is 19.7 Å². The Bertz CT molecular complexity index is 1160. The molecule has 4 rings (SSSR count). The molecule has 5 nitrogen and oxygen atoms in total. The number of thiazole rings is 1. The topological polar surface area (TPSA) is 52.8 Å². The summed E-state index contributed by atoms with van der Waals surface area (Å²) >= 11 is 3.32. The van der Waals surface area contributed by atoms with E-state index in [1.54, 1.807) is 23.1 Å². The fourth-order valence-corrected chi connectivity index (χ4v) is 5.07. The number of benzene rings is 2. The first-order chi connectivity index (χ1) is 15.2. The molecule has 4 aromatic rings. The molecule has 0 amide bonds. The molecule has 31 heavy (non-hydrogen) atoms.